The van der Waals surface area contributed by atoms with Gasteiger partial charge in [0.15, 0.2) is 0 Å². The number of phenolic OH excluding ortho intramolecular Hbond substituents is 1. The quantitative estimate of drug-likeness (QED) is 0.262. The first-order valence-electron chi connectivity index (χ1n) is 16.4. The number of piperazine rings is 2. The van der Waals surface area contributed by atoms with Gasteiger partial charge in [0.25, 0.3) is 5.91 Å². The number of amides is 1. The third kappa shape index (κ3) is 8.72. The molecule has 2 N–H and O–H groups in total. The zero-order chi connectivity index (χ0) is 31.8. The Balaban J connectivity index is 1.28. The predicted octanol–water partition coefficient (Wildman–Crippen LogP) is 5.48. The van der Waals surface area contributed by atoms with Gasteiger partial charge in [-0.3, -0.25) is 24.3 Å². The fourth-order valence-corrected chi connectivity index (χ4v) is 6.88. The van der Waals surface area contributed by atoms with E-state index in [1.807, 2.05) is 29.2 Å². The molecule has 2 heterocycles. The molecule has 240 valence electrons. The lowest BCUT2D eigenvalue weighted by molar-refractivity contribution is -0.137. The minimum Gasteiger partial charge on any atom is -0.508 e. The number of carboxylic acids is 1. The normalized spacial score (nSPS) is 20.6. The Morgan fingerprint density at radius 3 is 2.22 bits per heavy atom. The largest absolute Gasteiger partial charge is 0.508 e. The van der Waals surface area contributed by atoms with Crippen molar-refractivity contribution >= 4 is 11.9 Å². The Hall–Kier alpha value is -3.72. The Bertz CT molecular complexity index is 1410. The van der Waals surface area contributed by atoms with Gasteiger partial charge in [-0.25, -0.2) is 0 Å². The average Bonchev–Trinajstić information content (AvgIpc) is 3.04. The summed E-state index contributed by atoms with van der Waals surface area (Å²) in [5.74, 6) is -0.431. The van der Waals surface area contributed by atoms with E-state index in [4.69, 9.17) is 5.11 Å². The highest BCUT2D eigenvalue weighted by Crippen LogP contribution is 2.35. The summed E-state index contributed by atoms with van der Waals surface area (Å²) in [6.07, 6.45) is 2.85. The zero-order valence-electron chi connectivity index (χ0n) is 26.7. The van der Waals surface area contributed by atoms with E-state index in [2.05, 4.69) is 77.1 Å². The second-order valence-electron chi connectivity index (χ2n) is 12.8. The number of aromatic hydroxyl groups is 1. The van der Waals surface area contributed by atoms with Crippen LogP contribution in [0.25, 0.3) is 0 Å². The molecule has 0 aromatic heterocycles. The number of rotatable bonds is 12. The van der Waals surface area contributed by atoms with Crippen molar-refractivity contribution in [3.63, 3.8) is 0 Å². The van der Waals surface area contributed by atoms with Crippen LogP contribution in [0.5, 0.6) is 5.75 Å². The van der Waals surface area contributed by atoms with Gasteiger partial charge in [0.05, 0.1) is 6.04 Å². The smallest absolute Gasteiger partial charge is 0.303 e. The monoisotopic (exact) mass is 612 g/mol. The molecule has 2 fully saturated rings. The summed E-state index contributed by atoms with van der Waals surface area (Å²) in [5.41, 5.74) is 4.09. The summed E-state index contributed by atoms with van der Waals surface area (Å²) < 4.78 is 0. The maximum Gasteiger partial charge on any atom is 0.303 e. The summed E-state index contributed by atoms with van der Waals surface area (Å²) in [5, 5.41) is 19.3. The summed E-state index contributed by atoms with van der Waals surface area (Å²) in [6.45, 7) is 11.3. The number of carbonyl (C=O) groups is 2. The third-order valence-electron chi connectivity index (χ3n) is 9.38. The standard InChI is InChI=1S/C37H48N4O4/c1-28-26-41(29(2)25-40(28)27-30-11-5-3-6-12-30)36(32-14-10-16-34(42)24-32)31-13-9-15-33(23-31)37(45)39-21-19-38(20-22-39)18-8-4-7-17-35(43)44/h3,5-6,9-16,23-24,28-29,36,42H,4,7-8,17-22,25-27H2,1-2H3,(H,43,44)/t28-,29+,36-/m1/s1. The predicted molar refractivity (Wildman–Crippen MR) is 177 cm³/mol. The second-order valence-corrected chi connectivity index (χ2v) is 12.8. The first-order valence-corrected chi connectivity index (χ1v) is 16.4. The fraction of sp³-hybridized carbons (Fsp3) is 0.459. The minimum absolute atomic E-state index is 0.0571. The van der Waals surface area contributed by atoms with Crippen molar-refractivity contribution in [2.45, 2.75) is 64.2 Å². The lowest BCUT2D eigenvalue weighted by Crippen LogP contribution is -2.56. The van der Waals surface area contributed by atoms with Gasteiger partial charge in [-0.05, 0) is 74.2 Å². The number of carbonyl (C=O) groups excluding carboxylic acids is 1. The van der Waals surface area contributed by atoms with Crippen molar-refractivity contribution in [3.8, 4) is 5.75 Å². The third-order valence-corrected chi connectivity index (χ3v) is 9.38. The second kappa shape index (κ2) is 15.5. The van der Waals surface area contributed by atoms with Crippen molar-refractivity contribution in [3.05, 3.63) is 101 Å². The molecule has 2 saturated heterocycles. The van der Waals surface area contributed by atoms with E-state index in [0.717, 1.165) is 69.7 Å². The molecule has 8 heteroatoms. The van der Waals surface area contributed by atoms with E-state index in [1.54, 1.807) is 6.07 Å². The van der Waals surface area contributed by atoms with Crippen molar-refractivity contribution in [2.75, 3.05) is 45.8 Å². The molecule has 0 bridgehead atoms. The molecule has 2 aliphatic rings. The van der Waals surface area contributed by atoms with Gasteiger partial charge >= 0.3 is 5.97 Å². The van der Waals surface area contributed by atoms with E-state index >= 15 is 0 Å². The van der Waals surface area contributed by atoms with Crippen LogP contribution in [-0.4, -0.2) is 99.6 Å². The lowest BCUT2D eigenvalue weighted by Gasteiger charge is -2.47. The Kier molecular flexibility index (Phi) is 11.3. The van der Waals surface area contributed by atoms with Gasteiger partial charge in [-0.2, -0.15) is 0 Å². The number of benzene rings is 3. The van der Waals surface area contributed by atoms with Crippen LogP contribution in [0.2, 0.25) is 0 Å². The van der Waals surface area contributed by atoms with Crippen LogP contribution in [0.3, 0.4) is 0 Å². The summed E-state index contributed by atoms with van der Waals surface area (Å²) >= 11 is 0. The molecule has 0 radical (unpaired) electrons. The molecule has 1 amide bonds. The zero-order valence-corrected chi connectivity index (χ0v) is 26.7. The van der Waals surface area contributed by atoms with E-state index < -0.39 is 5.97 Å². The van der Waals surface area contributed by atoms with Crippen LogP contribution >= 0.6 is 0 Å². The van der Waals surface area contributed by atoms with Crippen molar-refractivity contribution in [1.82, 2.24) is 19.6 Å². The minimum atomic E-state index is -0.732. The molecule has 3 aromatic carbocycles. The average molecular weight is 613 g/mol. The molecule has 0 unspecified atom stereocenters. The fourth-order valence-electron chi connectivity index (χ4n) is 6.88. The highest BCUT2D eigenvalue weighted by Gasteiger charge is 2.35. The number of phenols is 1. The van der Waals surface area contributed by atoms with E-state index in [1.165, 1.54) is 5.56 Å². The van der Waals surface area contributed by atoms with Crippen LogP contribution in [0.1, 0.15) is 72.6 Å². The highest BCUT2D eigenvalue weighted by atomic mass is 16.4. The SMILES string of the molecule is C[C@@H]1CN([C@@H](c2cccc(O)c2)c2cccc(C(=O)N3CCN(CCCCCC(=O)O)CC3)c2)[C@@H](C)CN1Cc1ccccc1. The van der Waals surface area contributed by atoms with Gasteiger partial charge in [-0.15, -0.1) is 0 Å². The van der Waals surface area contributed by atoms with Crippen LogP contribution in [-0.2, 0) is 11.3 Å². The Labute approximate surface area is 267 Å². The molecule has 2 aliphatic heterocycles. The summed E-state index contributed by atoms with van der Waals surface area (Å²) in [4.78, 5) is 33.9. The van der Waals surface area contributed by atoms with E-state index in [0.29, 0.717) is 24.7 Å². The van der Waals surface area contributed by atoms with Crippen LogP contribution < -0.4 is 0 Å². The number of hydrogen-bond acceptors (Lipinski definition) is 6. The highest BCUT2D eigenvalue weighted by molar-refractivity contribution is 5.94. The van der Waals surface area contributed by atoms with Crippen LogP contribution in [0, 0.1) is 0 Å². The number of hydrogen-bond donors (Lipinski definition) is 2. The molecule has 45 heavy (non-hydrogen) atoms. The maximum absolute atomic E-state index is 13.7. The Morgan fingerprint density at radius 1 is 0.800 bits per heavy atom. The van der Waals surface area contributed by atoms with Crippen LogP contribution in [0.4, 0.5) is 0 Å². The first kappa shape index (κ1) is 32.7. The molecule has 8 nitrogen and oxygen atoms in total. The summed E-state index contributed by atoms with van der Waals surface area (Å²) in [7, 11) is 0. The molecular formula is C37H48N4O4. The molecule has 3 atom stereocenters. The van der Waals surface area contributed by atoms with Crippen molar-refractivity contribution in [2.24, 2.45) is 0 Å². The van der Waals surface area contributed by atoms with Gasteiger partial charge in [0.2, 0.25) is 0 Å². The van der Waals surface area contributed by atoms with E-state index in [-0.39, 0.29) is 30.2 Å². The number of unbranched alkanes of at least 4 members (excludes halogenated alkanes) is 2. The molecular weight excluding hydrogens is 564 g/mol. The van der Waals surface area contributed by atoms with Gasteiger partial charge in [0, 0.05) is 69.9 Å². The molecule has 5 rings (SSSR count). The number of carboxylic acid groups (broad SMARTS) is 1. The maximum atomic E-state index is 13.7. The molecule has 0 spiro atoms. The Morgan fingerprint density at radius 2 is 1.51 bits per heavy atom. The van der Waals surface area contributed by atoms with Gasteiger partial charge in [0.1, 0.15) is 5.75 Å². The summed E-state index contributed by atoms with van der Waals surface area (Å²) in [6, 6.07) is 26.7. The number of nitrogens with zero attached hydrogens (tertiary/aromatic N) is 4. The number of aliphatic carboxylic acids is 1. The van der Waals surface area contributed by atoms with Crippen LogP contribution in [0.15, 0.2) is 78.9 Å². The first-order chi connectivity index (χ1) is 21.8. The molecule has 0 saturated carbocycles. The van der Waals surface area contributed by atoms with Gasteiger partial charge in [-0.1, -0.05) is 61.0 Å². The van der Waals surface area contributed by atoms with Crippen molar-refractivity contribution in [1.29, 1.82) is 0 Å². The topological polar surface area (TPSA) is 87.6 Å². The van der Waals surface area contributed by atoms with Gasteiger partial charge < -0.3 is 15.1 Å². The van der Waals surface area contributed by atoms with E-state index in [9.17, 15) is 14.7 Å². The molecule has 0 aliphatic carbocycles. The molecule has 3 aromatic rings. The lowest BCUT2D eigenvalue weighted by atomic mass is 9.92. The van der Waals surface area contributed by atoms with Crippen molar-refractivity contribution < 1.29 is 19.8 Å².